The molecule has 0 radical (unpaired) electrons. The van der Waals surface area contributed by atoms with Gasteiger partial charge in [0.15, 0.2) is 5.96 Å². The second-order valence-corrected chi connectivity index (χ2v) is 3.58. The Kier molecular flexibility index (Phi) is 8.49. The number of rotatable bonds is 4. The molecule has 0 aliphatic heterocycles. The fourth-order valence-electron chi connectivity index (χ4n) is 1.28. The summed E-state index contributed by atoms with van der Waals surface area (Å²) in [7, 11) is 1.76. The summed E-state index contributed by atoms with van der Waals surface area (Å²) in [5.74, 6) is 0.792. The van der Waals surface area contributed by atoms with Crippen molar-refractivity contribution >= 4 is 29.9 Å². The molecule has 1 rings (SSSR count). The lowest BCUT2D eigenvalue weighted by molar-refractivity contribution is 0.847. The van der Waals surface area contributed by atoms with E-state index in [1.54, 1.807) is 13.1 Å². The Morgan fingerprint density at radius 1 is 1.29 bits per heavy atom. The number of benzene rings is 1. The van der Waals surface area contributed by atoms with Crippen LogP contribution in [0.1, 0.15) is 11.1 Å². The standard InChI is InChI=1S/C13H19N3.HI/c1-4-9-15-13(14-3)16-10-12-7-5-11(2)6-8-12;/h4-8H,1,9-10H2,2-3H3,(H2,14,15,16);1H. The van der Waals surface area contributed by atoms with Crippen LogP contribution in [0.3, 0.4) is 0 Å². The normalized spacial score (nSPS) is 10.4. The van der Waals surface area contributed by atoms with Gasteiger partial charge in [0, 0.05) is 20.1 Å². The first-order chi connectivity index (χ1) is 7.76. The molecule has 0 fully saturated rings. The maximum absolute atomic E-state index is 4.10. The molecule has 0 saturated heterocycles. The molecule has 4 heteroatoms. The van der Waals surface area contributed by atoms with Crippen LogP contribution < -0.4 is 10.6 Å². The van der Waals surface area contributed by atoms with Gasteiger partial charge in [0.05, 0.1) is 0 Å². The highest BCUT2D eigenvalue weighted by Gasteiger charge is 1.96. The van der Waals surface area contributed by atoms with Gasteiger partial charge >= 0.3 is 0 Å². The predicted octanol–water partition coefficient (Wildman–Crippen LogP) is 2.46. The molecule has 1 aromatic rings. The zero-order valence-electron chi connectivity index (χ0n) is 10.4. The number of hydrogen-bond donors (Lipinski definition) is 2. The summed E-state index contributed by atoms with van der Waals surface area (Å²) >= 11 is 0. The third-order valence-corrected chi connectivity index (χ3v) is 2.22. The molecule has 0 aliphatic rings. The van der Waals surface area contributed by atoms with Gasteiger partial charge in [0.2, 0.25) is 0 Å². The molecule has 0 heterocycles. The molecule has 0 unspecified atom stereocenters. The van der Waals surface area contributed by atoms with Crippen LogP contribution in [0.15, 0.2) is 41.9 Å². The summed E-state index contributed by atoms with van der Waals surface area (Å²) in [6.45, 7) is 7.23. The highest BCUT2D eigenvalue weighted by Crippen LogP contribution is 2.02. The smallest absolute Gasteiger partial charge is 0.191 e. The summed E-state index contributed by atoms with van der Waals surface area (Å²) in [5, 5.41) is 6.35. The van der Waals surface area contributed by atoms with Gasteiger partial charge in [-0.25, -0.2) is 0 Å². The lowest BCUT2D eigenvalue weighted by Crippen LogP contribution is -2.36. The number of guanidine groups is 1. The Morgan fingerprint density at radius 2 is 1.94 bits per heavy atom. The van der Waals surface area contributed by atoms with Crippen molar-refractivity contribution in [2.24, 2.45) is 4.99 Å². The molecule has 2 N–H and O–H groups in total. The van der Waals surface area contributed by atoms with E-state index in [1.165, 1.54) is 11.1 Å². The number of halogens is 1. The first-order valence-electron chi connectivity index (χ1n) is 5.37. The van der Waals surface area contributed by atoms with Crippen LogP contribution in [0.25, 0.3) is 0 Å². The first kappa shape index (κ1) is 16.0. The van der Waals surface area contributed by atoms with Gasteiger partial charge < -0.3 is 10.6 Å². The number of nitrogens with one attached hydrogen (secondary N) is 2. The topological polar surface area (TPSA) is 36.4 Å². The van der Waals surface area contributed by atoms with Crippen molar-refractivity contribution in [1.82, 2.24) is 10.6 Å². The molecule has 1 aromatic carbocycles. The van der Waals surface area contributed by atoms with Crippen molar-refractivity contribution in [3.63, 3.8) is 0 Å². The van der Waals surface area contributed by atoms with Crippen LogP contribution in [0.4, 0.5) is 0 Å². The van der Waals surface area contributed by atoms with Crippen molar-refractivity contribution in [2.45, 2.75) is 13.5 Å². The molecule has 3 nitrogen and oxygen atoms in total. The van der Waals surface area contributed by atoms with Gasteiger partial charge in [0.1, 0.15) is 0 Å². The Labute approximate surface area is 120 Å². The fraction of sp³-hybridized carbons (Fsp3) is 0.308. The SMILES string of the molecule is C=CCNC(=NC)NCc1ccc(C)cc1.I. The summed E-state index contributed by atoms with van der Waals surface area (Å²) in [6, 6.07) is 8.44. The van der Waals surface area contributed by atoms with Gasteiger partial charge in [0.25, 0.3) is 0 Å². The third kappa shape index (κ3) is 6.31. The van der Waals surface area contributed by atoms with E-state index >= 15 is 0 Å². The van der Waals surface area contributed by atoms with E-state index in [1.807, 2.05) is 0 Å². The highest BCUT2D eigenvalue weighted by atomic mass is 127. The number of aliphatic imine (C=N–C) groups is 1. The molecule has 0 saturated carbocycles. The molecule has 0 aliphatic carbocycles. The third-order valence-electron chi connectivity index (χ3n) is 2.22. The van der Waals surface area contributed by atoms with Gasteiger partial charge in [-0.1, -0.05) is 35.9 Å². The van der Waals surface area contributed by atoms with Crippen molar-refractivity contribution in [3.8, 4) is 0 Å². The van der Waals surface area contributed by atoms with Crippen LogP contribution in [-0.4, -0.2) is 19.6 Å². The molecular formula is C13H20IN3. The average molecular weight is 345 g/mol. The first-order valence-corrected chi connectivity index (χ1v) is 5.37. The fourth-order valence-corrected chi connectivity index (χ4v) is 1.28. The van der Waals surface area contributed by atoms with Crippen LogP contribution in [0, 0.1) is 6.92 Å². The van der Waals surface area contributed by atoms with Crippen LogP contribution in [0.2, 0.25) is 0 Å². The van der Waals surface area contributed by atoms with Gasteiger partial charge in [-0.15, -0.1) is 30.6 Å². The molecule has 17 heavy (non-hydrogen) atoms. The molecular weight excluding hydrogens is 325 g/mol. The second-order valence-electron chi connectivity index (χ2n) is 3.58. The van der Waals surface area contributed by atoms with Gasteiger partial charge in [-0.2, -0.15) is 0 Å². The zero-order valence-corrected chi connectivity index (χ0v) is 12.7. The van der Waals surface area contributed by atoms with Crippen LogP contribution >= 0.6 is 24.0 Å². The number of aryl methyl sites for hydroxylation is 1. The molecule has 0 atom stereocenters. The van der Waals surface area contributed by atoms with Crippen molar-refractivity contribution < 1.29 is 0 Å². The molecule has 0 spiro atoms. The summed E-state index contributed by atoms with van der Waals surface area (Å²) < 4.78 is 0. The minimum Gasteiger partial charge on any atom is -0.353 e. The van der Waals surface area contributed by atoms with E-state index in [9.17, 15) is 0 Å². The maximum Gasteiger partial charge on any atom is 0.191 e. The minimum absolute atomic E-state index is 0. The van der Waals surface area contributed by atoms with Crippen LogP contribution in [0.5, 0.6) is 0 Å². The Morgan fingerprint density at radius 3 is 2.47 bits per heavy atom. The molecule has 0 amide bonds. The maximum atomic E-state index is 4.10. The Balaban J connectivity index is 0.00000256. The Bertz CT molecular complexity index is 357. The predicted molar refractivity (Wildman–Crippen MR) is 85.0 cm³/mol. The molecule has 0 bridgehead atoms. The van der Waals surface area contributed by atoms with Gasteiger partial charge in [-0.05, 0) is 12.5 Å². The second kappa shape index (κ2) is 9.04. The summed E-state index contributed by atoms with van der Waals surface area (Å²) in [6.07, 6.45) is 1.80. The van der Waals surface area contributed by atoms with E-state index in [4.69, 9.17) is 0 Å². The summed E-state index contributed by atoms with van der Waals surface area (Å²) in [4.78, 5) is 4.10. The molecule has 94 valence electrons. The zero-order chi connectivity index (χ0) is 11.8. The lowest BCUT2D eigenvalue weighted by atomic mass is 10.1. The van der Waals surface area contributed by atoms with Gasteiger partial charge in [-0.3, -0.25) is 4.99 Å². The van der Waals surface area contributed by atoms with Crippen molar-refractivity contribution in [1.29, 1.82) is 0 Å². The largest absolute Gasteiger partial charge is 0.353 e. The van der Waals surface area contributed by atoms with E-state index < -0.39 is 0 Å². The lowest BCUT2D eigenvalue weighted by Gasteiger charge is -2.10. The Hall–Kier alpha value is -1.04. The van der Waals surface area contributed by atoms with Crippen LogP contribution in [-0.2, 0) is 6.54 Å². The molecule has 0 aromatic heterocycles. The highest BCUT2D eigenvalue weighted by molar-refractivity contribution is 14.0. The number of nitrogens with zero attached hydrogens (tertiary/aromatic N) is 1. The van der Waals surface area contributed by atoms with E-state index in [0.717, 1.165) is 12.5 Å². The van der Waals surface area contributed by atoms with E-state index in [-0.39, 0.29) is 24.0 Å². The number of hydrogen-bond acceptors (Lipinski definition) is 1. The summed E-state index contributed by atoms with van der Waals surface area (Å²) in [5.41, 5.74) is 2.52. The quantitative estimate of drug-likeness (QED) is 0.381. The van der Waals surface area contributed by atoms with E-state index in [2.05, 4.69) is 53.4 Å². The monoisotopic (exact) mass is 345 g/mol. The van der Waals surface area contributed by atoms with Crippen molar-refractivity contribution in [3.05, 3.63) is 48.0 Å². The minimum atomic E-state index is 0. The van der Waals surface area contributed by atoms with Crippen molar-refractivity contribution in [2.75, 3.05) is 13.6 Å². The van der Waals surface area contributed by atoms with E-state index in [0.29, 0.717) is 6.54 Å². The average Bonchev–Trinajstić information content (AvgIpc) is 2.32.